The van der Waals surface area contributed by atoms with Crippen LogP contribution in [0.2, 0.25) is 0 Å². The van der Waals surface area contributed by atoms with Crippen molar-refractivity contribution in [2.75, 3.05) is 50.5 Å². The summed E-state index contributed by atoms with van der Waals surface area (Å²) >= 11 is 0. The Morgan fingerprint density at radius 1 is 1.18 bits per heavy atom. The molecule has 1 aromatic carbocycles. The molecule has 40 heavy (non-hydrogen) atoms. The summed E-state index contributed by atoms with van der Waals surface area (Å²) in [6.07, 6.45) is 7.08. The molecule has 3 N–H and O–H groups in total. The van der Waals surface area contributed by atoms with Gasteiger partial charge in [-0.3, -0.25) is 9.59 Å². The summed E-state index contributed by atoms with van der Waals surface area (Å²) in [5, 5.41) is 9.72. The van der Waals surface area contributed by atoms with Crippen molar-refractivity contribution in [3.8, 4) is 5.75 Å². The van der Waals surface area contributed by atoms with E-state index in [0.717, 1.165) is 61.3 Å². The fourth-order valence-electron chi connectivity index (χ4n) is 5.58. The van der Waals surface area contributed by atoms with Crippen molar-refractivity contribution in [2.45, 2.75) is 18.9 Å². The van der Waals surface area contributed by atoms with Crippen LogP contribution >= 0.6 is 0 Å². The Morgan fingerprint density at radius 2 is 1.95 bits per heavy atom. The van der Waals surface area contributed by atoms with E-state index >= 15 is 0 Å². The van der Waals surface area contributed by atoms with Crippen molar-refractivity contribution < 1.29 is 19.1 Å². The van der Waals surface area contributed by atoms with Gasteiger partial charge in [0.1, 0.15) is 11.4 Å². The van der Waals surface area contributed by atoms with E-state index in [0.29, 0.717) is 17.0 Å². The first-order valence-corrected chi connectivity index (χ1v) is 13.5. The number of carbonyl (C=O) groups excluding carboxylic acids is 3. The van der Waals surface area contributed by atoms with Gasteiger partial charge in [-0.2, -0.15) is 0 Å². The average molecular weight is 544 g/mol. The van der Waals surface area contributed by atoms with Crippen LogP contribution in [0, 0.1) is 5.92 Å². The Bertz CT molecular complexity index is 1530. The van der Waals surface area contributed by atoms with Gasteiger partial charge in [-0.1, -0.05) is 0 Å². The van der Waals surface area contributed by atoms with Gasteiger partial charge in [-0.05, 0) is 43.2 Å². The topological polar surface area (TPSA) is 121 Å². The molecule has 0 spiro atoms. The number of anilines is 2. The predicted octanol–water partition coefficient (Wildman–Crippen LogP) is 2.59. The van der Waals surface area contributed by atoms with Crippen molar-refractivity contribution in [2.24, 2.45) is 13.0 Å². The van der Waals surface area contributed by atoms with Crippen LogP contribution in [0.4, 0.5) is 16.2 Å². The highest BCUT2D eigenvalue weighted by atomic mass is 16.5. The molecule has 3 aliphatic heterocycles. The number of nitrogens with one attached hydrogen (secondary N) is 3. The molecule has 0 bridgehead atoms. The number of hydrogen-bond acceptors (Lipinski definition) is 7. The lowest BCUT2D eigenvalue weighted by molar-refractivity contribution is -0.133. The minimum Gasteiger partial charge on any atom is -0.452 e. The van der Waals surface area contributed by atoms with Gasteiger partial charge in [0.05, 0.1) is 11.6 Å². The predicted molar refractivity (Wildman–Crippen MR) is 153 cm³/mol. The second-order valence-corrected chi connectivity index (χ2v) is 10.8. The zero-order valence-electron chi connectivity index (χ0n) is 22.9. The Kier molecular flexibility index (Phi) is 6.67. The molecule has 2 fully saturated rings. The summed E-state index contributed by atoms with van der Waals surface area (Å²) in [6.45, 7) is 3.02. The number of amides is 3. The van der Waals surface area contributed by atoms with Crippen LogP contribution in [-0.4, -0.2) is 78.5 Å². The van der Waals surface area contributed by atoms with Gasteiger partial charge in [-0.25, -0.2) is 9.78 Å². The number of benzene rings is 1. The molecule has 0 atom stereocenters. The molecule has 3 aromatic rings. The number of aryl methyl sites for hydroxylation is 1. The van der Waals surface area contributed by atoms with Crippen molar-refractivity contribution >= 4 is 46.2 Å². The quantitative estimate of drug-likeness (QED) is 0.423. The lowest BCUT2D eigenvalue weighted by Crippen LogP contribution is -2.57. The van der Waals surface area contributed by atoms with Crippen molar-refractivity contribution in [3.63, 3.8) is 0 Å². The number of piperidine rings is 1. The smallest absolute Gasteiger partial charge is 0.319 e. The summed E-state index contributed by atoms with van der Waals surface area (Å²) < 4.78 is 7.91. The molecule has 0 saturated carbocycles. The molecule has 0 aliphatic carbocycles. The number of ketones is 1. The highest BCUT2D eigenvalue weighted by Crippen LogP contribution is 2.37. The maximum absolute atomic E-state index is 13.4. The Morgan fingerprint density at radius 3 is 2.65 bits per heavy atom. The van der Waals surface area contributed by atoms with E-state index in [2.05, 4.69) is 25.8 Å². The van der Waals surface area contributed by atoms with Gasteiger partial charge >= 0.3 is 6.03 Å². The number of urea groups is 1. The van der Waals surface area contributed by atoms with Crippen LogP contribution < -0.4 is 25.6 Å². The van der Waals surface area contributed by atoms with E-state index < -0.39 is 0 Å². The summed E-state index contributed by atoms with van der Waals surface area (Å²) in [5.74, 6) is 0.638. The second kappa shape index (κ2) is 10.3. The fourth-order valence-corrected chi connectivity index (χ4v) is 5.58. The number of ether oxygens (including phenoxy) is 1. The maximum atomic E-state index is 13.4. The number of fused-ring (bicyclic) bond motifs is 2. The number of hydrogen-bond donors (Lipinski definition) is 3. The lowest BCUT2D eigenvalue weighted by Gasteiger charge is -2.34. The monoisotopic (exact) mass is 543 g/mol. The van der Waals surface area contributed by atoms with E-state index in [9.17, 15) is 14.4 Å². The first-order valence-electron chi connectivity index (χ1n) is 13.5. The Labute approximate surface area is 232 Å². The van der Waals surface area contributed by atoms with E-state index in [1.54, 1.807) is 49.5 Å². The number of nitrogens with zero attached hydrogens (tertiary/aromatic N) is 4. The number of aromatic nitrogens is 2. The summed E-state index contributed by atoms with van der Waals surface area (Å²) in [5.41, 5.74) is 3.58. The number of rotatable bonds is 5. The van der Waals surface area contributed by atoms with Crippen LogP contribution in [-0.2, 0) is 11.8 Å². The summed E-state index contributed by atoms with van der Waals surface area (Å²) in [7, 11) is 5.53. The van der Waals surface area contributed by atoms with Gasteiger partial charge in [0.25, 0.3) is 0 Å². The number of carbonyl (C=O) groups is 3. The SMILES string of the molecule is CN(C)C(=O)C1CCN(c2ccnc3c2c(C=C2Oc4ccc(NC(=O)NC5CNC5)cc4C2=O)cn3C)CC1. The average Bonchev–Trinajstić information content (AvgIpc) is 3.41. The molecule has 11 heteroatoms. The fraction of sp³-hybridized carbons (Fsp3) is 0.379. The zero-order chi connectivity index (χ0) is 28.0. The highest BCUT2D eigenvalue weighted by molar-refractivity contribution is 6.16. The van der Waals surface area contributed by atoms with Crippen LogP contribution in [0.15, 0.2) is 42.4 Å². The number of Topliss-reactive ketones (excluding diaryl/α,β-unsaturated/α-hetero) is 1. The molecule has 0 unspecified atom stereocenters. The van der Waals surface area contributed by atoms with Crippen LogP contribution in [0.3, 0.4) is 0 Å². The van der Waals surface area contributed by atoms with E-state index in [1.165, 1.54) is 0 Å². The standard InChI is InChI=1S/C29H33N7O4/c1-34(2)28(38)17-7-10-36(11-8-17)22-6-9-31-27-25(22)18(16-35(27)3)12-24-26(37)21-13-19(4-5-23(21)40-24)32-29(39)33-20-14-30-15-20/h4-6,9,12-13,16-17,20,30H,7-8,10-11,14-15H2,1-3H3,(H2,32,33,39). The molecule has 2 saturated heterocycles. The molecule has 5 heterocycles. The van der Waals surface area contributed by atoms with Gasteiger partial charge in [-0.15, -0.1) is 0 Å². The Balaban J connectivity index is 1.24. The van der Waals surface area contributed by atoms with E-state index in [1.807, 2.05) is 23.9 Å². The molecule has 0 radical (unpaired) electrons. The molecule has 3 amide bonds. The summed E-state index contributed by atoms with van der Waals surface area (Å²) in [6, 6.07) is 6.86. The minimum atomic E-state index is -0.306. The van der Waals surface area contributed by atoms with Crippen molar-refractivity contribution in [1.29, 1.82) is 0 Å². The maximum Gasteiger partial charge on any atom is 0.319 e. The minimum absolute atomic E-state index is 0.0321. The van der Waals surface area contributed by atoms with Gasteiger partial charge in [0.15, 0.2) is 5.76 Å². The zero-order valence-corrected chi connectivity index (χ0v) is 22.9. The third kappa shape index (κ3) is 4.77. The van der Waals surface area contributed by atoms with Crippen LogP contribution in [0.1, 0.15) is 28.8 Å². The molecular formula is C29H33N7O4. The molecule has 3 aliphatic rings. The third-order valence-electron chi connectivity index (χ3n) is 7.82. The first kappa shape index (κ1) is 25.9. The van der Waals surface area contributed by atoms with Crippen LogP contribution in [0.5, 0.6) is 5.75 Å². The van der Waals surface area contributed by atoms with Gasteiger partial charge in [0.2, 0.25) is 11.7 Å². The normalized spacial score (nSPS) is 18.4. The third-order valence-corrected chi connectivity index (χ3v) is 7.82. The largest absolute Gasteiger partial charge is 0.452 e. The molecule has 208 valence electrons. The number of allylic oxidation sites excluding steroid dienone is 1. The molecule has 6 rings (SSSR count). The second-order valence-electron chi connectivity index (χ2n) is 10.8. The van der Waals surface area contributed by atoms with E-state index in [4.69, 9.17) is 4.74 Å². The molecule has 11 nitrogen and oxygen atoms in total. The van der Waals surface area contributed by atoms with Crippen LogP contribution in [0.25, 0.3) is 17.1 Å². The van der Waals surface area contributed by atoms with Crippen molar-refractivity contribution in [1.82, 2.24) is 25.1 Å². The Hall–Kier alpha value is -4.38. The molecular weight excluding hydrogens is 510 g/mol. The molecule has 2 aromatic heterocycles. The summed E-state index contributed by atoms with van der Waals surface area (Å²) in [4.78, 5) is 46.7. The van der Waals surface area contributed by atoms with Crippen molar-refractivity contribution in [3.05, 3.63) is 53.5 Å². The van der Waals surface area contributed by atoms with Gasteiger partial charge < -0.3 is 35.1 Å². The highest BCUT2D eigenvalue weighted by Gasteiger charge is 2.30. The van der Waals surface area contributed by atoms with E-state index in [-0.39, 0.29) is 35.4 Å². The van der Waals surface area contributed by atoms with Gasteiger partial charge in [0, 0.05) is 88.0 Å². The number of pyridine rings is 1. The first-order chi connectivity index (χ1) is 19.3. The lowest BCUT2D eigenvalue weighted by atomic mass is 9.95.